The Balaban J connectivity index is 2.02. The molecule has 2 heterocycles. The molecule has 4 nitrogen and oxygen atoms in total. The van der Waals surface area contributed by atoms with E-state index >= 15 is 0 Å². The van der Waals surface area contributed by atoms with Gasteiger partial charge in [-0.1, -0.05) is 0 Å². The average molecular weight is 195 g/mol. The summed E-state index contributed by atoms with van der Waals surface area (Å²) in [5.41, 5.74) is 0.100. The number of rotatable bonds is 2. The van der Waals surface area contributed by atoms with E-state index in [1.165, 1.54) is 12.8 Å². The molecular formula is C10H17N3O. The Morgan fingerprint density at radius 1 is 1.43 bits per heavy atom. The Bertz CT molecular complexity index is 346. The van der Waals surface area contributed by atoms with E-state index in [9.17, 15) is 4.79 Å². The Kier molecular flexibility index (Phi) is 2.72. The van der Waals surface area contributed by atoms with Crippen LogP contribution >= 0.6 is 0 Å². The molecule has 1 saturated heterocycles. The topological polar surface area (TPSA) is 39.0 Å². The van der Waals surface area contributed by atoms with Gasteiger partial charge >= 0.3 is 5.69 Å². The van der Waals surface area contributed by atoms with E-state index in [0.29, 0.717) is 5.92 Å². The Morgan fingerprint density at radius 2 is 2.14 bits per heavy atom. The van der Waals surface area contributed by atoms with Crippen molar-refractivity contribution in [3.05, 3.63) is 22.9 Å². The van der Waals surface area contributed by atoms with Gasteiger partial charge in [0.1, 0.15) is 0 Å². The standard InChI is InChI=1S/C10H17N3O/c1-12-6-7-13(10(12)14)8-9-2-4-11-5-3-9/h6-7,9,11H,2-5,8H2,1H3. The second-order valence-electron chi connectivity index (χ2n) is 4.04. The lowest BCUT2D eigenvalue weighted by atomic mass is 9.98. The second-order valence-corrected chi connectivity index (χ2v) is 4.04. The maximum atomic E-state index is 11.6. The van der Waals surface area contributed by atoms with Gasteiger partial charge in [-0.05, 0) is 31.8 Å². The molecule has 1 aromatic rings. The van der Waals surface area contributed by atoms with Gasteiger partial charge < -0.3 is 9.88 Å². The Hall–Kier alpha value is -1.03. The molecule has 0 bridgehead atoms. The summed E-state index contributed by atoms with van der Waals surface area (Å²) in [5, 5.41) is 3.33. The zero-order valence-corrected chi connectivity index (χ0v) is 8.57. The van der Waals surface area contributed by atoms with Crippen LogP contribution in [0.4, 0.5) is 0 Å². The summed E-state index contributed by atoms with van der Waals surface area (Å²) in [5.74, 6) is 0.663. The van der Waals surface area contributed by atoms with Crippen LogP contribution in [0.3, 0.4) is 0 Å². The van der Waals surface area contributed by atoms with Crippen LogP contribution in [0.15, 0.2) is 17.2 Å². The molecule has 4 heteroatoms. The van der Waals surface area contributed by atoms with Crippen LogP contribution in [0.25, 0.3) is 0 Å². The number of piperidine rings is 1. The van der Waals surface area contributed by atoms with E-state index in [4.69, 9.17) is 0 Å². The molecule has 1 aliphatic heterocycles. The molecule has 0 unspecified atom stereocenters. The minimum Gasteiger partial charge on any atom is -0.317 e. The molecule has 2 rings (SSSR count). The molecule has 0 saturated carbocycles. The smallest absolute Gasteiger partial charge is 0.317 e. The van der Waals surface area contributed by atoms with E-state index in [1.807, 2.05) is 17.0 Å². The summed E-state index contributed by atoms with van der Waals surface area (Å²) in [7, 11) is 1.79. The largest absolute Gasteiger partial charge is 0.327 e. The highest BCUT2D eigenvalue weighted by Crippen LogP contribution is 2.12. The van der Waals surface area contributed by atoms with Gasteiger partial charge in [0.05, 0.1) is 0 Å². The highest BCUT2D eigenvalue weighted by molar-refractivity contribution is 4.81. The SMILES string of the molecule is Cn1ccn(CC2CCNCC2)c1=O. The molecule has 1 aliphatic rings. The maximum absolute atomic E-state index is 11.6. The van der Waals surface area contributed by atoms with Gasteiger partial charge in [0.15, 0.2) is 0 Å². The van der Waals surface area contributed by atoms with E-state index in [2.05, 4.69) is 5.32 Å². The van der Waals surface area contributed by atoms with E-state index in [-0.39, 0.29) is 5.69 Å². The van der Waals surface area contributed by atoms with Crippen LogP contribution < -0.4 is 11.0 Å². The van der Waals surface area contributed by atoms with Crippen LogP contribution in [0.1, 0.15) is 12.8 Å². The number of hydrogen-bond donors (Lipinski definition) is 1. The fraction of sp³-hybridized carbons (Fsp3) is 0.700. The van der Waals surface area contributed by atoms with Crippen molar-refractivity contribution in [1.82, 2.24) is 14.5 Å². The zero-order chi connectivity index (χ0) is 9.97. The first-order valence-electron chi connectivity index (χ1n) is 5.20. The van der Waals surface area contributed by atoms with E-state index in [1.54, 1.807) is 11.6 Å². The number of imidazole rings is 1. The van der Waals surface area contributed by atoms with Crippen LogP contribution in [0, 0.1) is 5.92 Å². The lowest BCUT2D eigenvalue weighted by Crippen LogP contribution is -2.32. The summed E-state index contributed by atoms with van der Waals surface area (Å²) in [6, 6.07) is 0. The van der Waals surface area contributed by atoms with Crippen LogP contribution in [0.5, 0.6) is 0 Å². The van der Waals surface area contributed by atoms with Crippen molar-refractivity contribution >= 4 is 0 Å². The number of hydrogen-bond acceptors (Lipinski definition) is 2. The third-order valence-electron chi connectivity index (χ3n) is 2.93. The van der Waals surface area contributed by atoms with Crippen molar-refractivity contribution < 1.29 is 0 Å². The van der Waals surface area contributed by atoms with Gasteiger partial charge in [0.2, 0.25) is 0 Å². The second kappa shape index (κ2) is 4.00. The first-order chi connectivity index (χ1) is 6.77. The minimum absolute atomic E-state index is 0.100. The first kappa shape index (κ1) is 9.52. The monoisotopic (exact) mass is 195 g/mol. The maximum Gasteiger partial charge on any atom is 0.327 e. The lowest BCUT2D eigenvalue weighted by Gasteiger charge is -2.22. The highest BCUT2D eigenvalue weighted by atomic mass is 16.1. The Morgan fingerprint density at radius 3 is 2.71 bits per heavy atom. The van der Waals surface area contributed by atoms with Gasteiger partial charge in [-0.15, -0.1) is 0 Å². The van der Waals surface area contributed by atoms with Crippen molar-refractivity contribution in [2.75, 3.05) is 13.1 Å². The molecule has 0 atom stereocenters. The van der Waals surface area contributed by atoms with Crippen molar-refractivity contribution in [1.29, 1.82) is 0 Å². The Labute approximate surface area is 83.5 Å². The number of nitrogens with zero attached hydrogens (tertiary/aromatic N) is 2. The molecule has 0 aromatic carbocycles. The van der Waals surface area contributed by atoms with Gasteiger partial charge in [0, 0.05) is 26.0 Å². The third-order valence-corrected chi connectivity index (χ3v) is 2.93. The minimum atomic E-state index is 0.100. The number of aryl methyl sites for hydroxylation is 1. The van der Waals surface area contributed by atoms with Crippen LogP contribution in [-0.4, -0.2) is 22.2 Å². The summed E-state index contributed by atoms with van der Waals surface area (Å²) in [6.45, 7) is 3.06. The van der Waals surface area contributed by atoms with Crippen molar-refractivity contribution in [3.63, 3.8) is 0 Å². The average Bonchev–Trinajstić information content (AvgIpc) is 2.52. The van der Waals surface area contributed by atoms with Gasteiger partial charge in [-0.2, -0.15) is 0 Å². The molecule has 0 radical (unpaired) electrons. The van der Waals surface area contributed by atoms with Gasteiger partial charge in [-0.3, -0.25) is 4.57 Å². The fourth-order valence-corrected chi connectivity index (χ4v) is 1.99. The van der Waals surface area contributed by atoms with E-state index in [0.717, 1.165) is 19.6 Å². The molecule has 1 aromatic heterocycles. The van der Waals surface area contributed by atoms with Gasteiger partial charge in [-0.25, -0.2) is 4.79 Å². The lowest BCUT2D eigenvalue weighted by molar-refractivity contribution is 0.329. The van der Waals surface area contributed by atoms with Crippen molar-refractivity contribution in [3.8, 4) is 0 Å². The van der Waals surface area contributed by atoms with Crippen molar-refractivity contribution in [2.24, 2.45) is 13.0 Å². The zero-order valence-electron chi connectivity index (χ0n) is 8.57. The fourth-order valence-electron chi connectivity index (χ4n) is 1.99. The van der Waals surface area contributed by atoms with Gasteiger partial charge in [0.25, 0.3) is 0 Å². The molecule has 78 valence electrons. The molecule has 1 fully saturated rings. The quantitative estimate of drug-likeness (QED) is 0.731. The highest BCUT2D eigenvalue weighted by Gasteiger charge is 2.14. The first-order valence-corrected chi connectivity index (χ1v) is 5.20. The molecule has 1 N–H and O–H groups in total. The normalized spacial score (nSPS) is 18.6. The summed E-state index contributed by atoms with van der Waals surface area (Å²) in [6.07, 6.45) is 6.07. The molecule has 0 amide bonds. The van der Waals surface area contributed by atoms with E-state index < -0.39 is 0 Å². The van der Waals surface area contributed by atoms with Crippen LogP contribution in [0.2, 0.25) is 0 Å². The predicted molar refractivity (Wildman–Crippen MR) is 55.3 cm³/mol. The molecule has 0 aliphatic carbocycles. The molecule has 14 heavy (non-hydrogen) atoms. The number of nitrogens with one attached hydrogen (secondary N) is 1. The van der Waals surface area contributed by atoms with Crippen LogP contribution in [-0.2, 0) is 13.6 Å². The predicted octanol–water partition coefficient (Wildman–Crippen LogP) is 0.186. The van der Waals surface area contributed by atoms with Crippen molar-refractivity contribution in [2.45, 2.75) is 19.4 Å². The summed E-state index contributed by atoms with van der Waals surface area (Å²) in [4.78, 5) is 11.6. The molecular weight excluding hydrogens is 178 g/mol. The number of aromatic nitrogens is 2. The molecule has 0 spiro atoms. The summed E-state index contributed by atoms with van der Waals surface area (Å²) >= 11 is 0. The summed E-state index contributed by atoms with van der Waals surface area (Å²) < 4.78 is 3.44. The third kappa shape index (κ3) is 1.90.